The van der Waals surface area contributed by atoms with Crippen LogP contribution in [0, 0.1) is 18.6 Å². The lowest BCUT2D eigenvalue weighted by Gasteiger charge is -2.14. The smallest absolute Gasteiger partial charge is 0.267 e. The van der Waals surface area contributed by atoms with Crippen LogP contribution in [0.25, 0.3) is 38.2 Å². The first-order chi connectivity index (χ1) is 17.8. The van der Waals surface area contributed by atoms with E-state index in [2.05, 4.69) is 20.1 Å². The van der Waals surface area contributed by atoms with Crippen molar-refractivity contribution in [2.24, 2.45) is 0 Å². The molecule has 4 aromatic heterocycles. The first-order valence-corrected chi connectivity index (χ1v) is 11.9. The van der Waals surface area contributed by atoms with Crippen molar-refractivity contribution in [2.75, 3.05) is 5.73 Å². The summed E-state index contributed by atoms with van der Waals surface area (Å²) < 4.78 is 31.7. The second-order valence-corrected chi connectivity index (χ2v) is 9.24. The Hall–Kier alpha value is -4.71. The van der Waals surface area contributed by atoms with E-state index >= 15 is 0 Å². The van der Waals surface area contributed by atoms with Gasteiger partial charge < -0.3 is 10.8 Å². The van der Waals surface area contributed by atoms with Crippen LogP contribution in [0.3, 0.4) is 0 Å². The number of benzene rings is 2. The van der Waals surface area contributed by atoms with E-state index in [-0.39, 0.29) is 40.9 Å². The van der Waals surface area contributed by atoms with Gasteiger partial charge in [0.15, 0.2) is 5.65 Å². The summed E-state index contributed by atoms with van der Waals surface area (Å²) >= 11 is 1.31. The Balaban J connectivity index is 1.62. The van der Waals surface area contributed by atoms with Crippen molar-refractivity contribution in [3.8, 4) is 22.7 Å². The summed E-state index contributed by atoms with van der Waals surface area (Å²) in [7, 11) is 0. The standard InChI is InChI=1S/C25H17F2N7O2S/c1-12-10-37-24-19(12)25(36)34(17-5-3-2-4-16(17)27)18(31-24)9-33-23-20(22(28)29-11-30-23)21(32-33)13-6-14(26)8-15(35)7-13/h2-8,10-11,35H,9H2,1H3,(H2,28,29,30). The van der Waals surface area contributed by atoms with Gasteiger partial charge in [0.1, 0.15) is 52.4 Å². The van der Waals surface area contributed by atoms with Crippen molar-refractivity contribution in [1.82, 2.24) is 29.3 Å². The molecule has 0 unspecified atom stereocenters. The molecule has 3 N–H and O–H groups in total. The highest BCUT2D eigenvalue weighted by molar-refractivity contribution is 7.16. The van der Waals surface area contributed by atoms with Gasteiger partial charge in [-0.2, -0.15) is 5.10 Å². The van der Waals surface area contributed by atoms with Crippen LogP contribution in [0.5, 0.6) is 5.75 Å². The number of aromatic nitrogens is 6. The summed E-state index contributed by atoms with van der Waals surface area (Å²) in [5.74, 6) is -1.24. The number of hydrogen-bond acceptors (Lipinski definition) is 8. The number of aromatic hydroxyl groups is 1. The van der Waals surface area contributed by atoms with Gasteiger partial charge in [-0.05, 0) is 42.1 Å². The SMILES string of the molecule is Cc1csc2nc(Cn3nc(-c4cc(O)cc(F)c4)c4c(N)ncnc43)n(-c3ccccc3F)c(=O)c12. The molecule has 6 rings (SSSR count). The van der Waals surface area contributed by atoms with Gasteiger partial charge in [-0.15, -0.1) is 11.3 Å². The maximum atomic E-state index is 14.9. The molecule has 0 aliphatic rings. The van der Waals surface area contributed by atoms with Crippen LogP contribution in [-0.2, 0) is 6.54 Å². The van der Waals surface area contributed by atoms with E-state index in [9.17, 15) is 18.7 Å². The molecule has 9 nitrogen and oxygen atoms in total. The number of halogens is 2. The molecule has 0 atom stereocenters. The van der Waals surface area contributed by atoms with E-state index in [1.54, 1.807) is 13.0 Å². The number of nitrogen functional groups attached to an aromatic ring is 1. The predicted octanol–water partition coefficient (Wildman–Crippen LogP) is 4.18. The molecule has 0 aliphatic carbocycles. The molecule has 0 saturated carbocycles. The maximum absolute atomic E-state index is 14.9. The number of fused-ring (bicyclic) bond motifs is 2. The maximum Gasteiger partial charge on any atom is 0.267 e. The van der Waals surface area contributed by atoms with Crippen molar-refractivity contribution in [3.05, 3.63) is 87.5 Å². The van der Waals surface area contributed by atoms with Gasteiger partial charge in [-0.1, -0.05) is 12.1 Å². The molecule has 12 heteroatoms. The number of hydrogen-bond donors (Lipinski definition) is 2. The lowest BCUT2D eigenvalue weighted by molar-refractivity contribution is 0.469. The van der Waals surface area contributed by atoms with E-state index < -0.39 is 17.2 Å². The van der Waals surface area contributed by atoms with Gasteiger partial charge in [0.2, 0.25) is 0 Å². The molecule has 0 amide bonds. The van der Waals surface area contributed by atoms with Crippen molar-refractivity contribution in [2.45, 2.75) is 13.5 Å². The molecule has 184 valence electrons. The molecule has 4 heterocycles. The predicted molar refractivity (Wildman–Crippen MR) is 136 cm³/mol. The third-order valence-electron chi connectivity index (χ3n) is 5.96. The molecular formula is C25H17F2N7O2S. The molecular weight excluding hydrogens is 500 g/mol. The first-order valence-electron chi connectivity index (χ1n) is 11.0. The first kappa shape index (κ1) is 22.7. The number of phenolic OH excluding ortho intramolecular Hbond substituents is 1. The molecule has 0 bridgehead atoms. The zero-order valence-electron chi connectivity index (χ0n) is 19.2. The lowest BCUT2D eigenvalue weighted by atomic mass is 10.1. The number of anilines is 1. The van der Waals surface area contributed by atoms with E-state index in [0.29, 0.717) is 21.3 Å². The Labute approximate surface area is 211 Å². The van der Waals surface area contributed by atoms with Crippen molar-refractivity contribution in [1.29, 1.82) is 0 Å². The Morgan fingerprint density at radius 1 is 1.11 bits per heavy atom. The molecule has 0 spiro atoms. The lowest BCUT2D eigenvalue weighted by Crippen LogP contribution is -2.26. The van der Waals surface area contributed by atoms with Gasteiger partial charge in [-0.25, -0.2) is 28.4 Å². The zero-order chi connectivity index (χ0) is 25.8. The second kappa shape index (κ2) is 8.45. The Bertz CT molecular complexity index is 1890. The highest BCUT2D eigenvalue weighted by atomic mass is 32.1. The monoisotopic (exact) mass is 517 g/mol. The minimum atomic E-state index is -0.665. The van der Waals surface area contributed by atoms with Gasteiger partial charge >= 0.3 is 0 Å². The Morgan fingerprint density at radius 3 is 2.70 bits per heavy atom. The molecule has 0 radical (unpaired) electrons. The zero-order valence-corrected chi connectivity index (χ0v) is 20.0. The largest absolute Gasteiger partial charge is 0.508 e. The topological polar surface area (TPSA) is 125 Å². The van der Waals surface area contributed by atoms with E-state index in [0.717, 1.165) is 11.6 Å². The van der Waals surface area contributed by atoms with Gasteiger partial charge in [0.25, 0.3) is 5.56 Å². The minimum Gasteiger partial charge on any atom is -0.508 e. The normalized spacial score (nSPS) is 11.5. The van der Waals surface area contributed by atoms with Crippen LogP contribution < -0.4 is 11.3 Å². The van der Waals surface area contributed by atoms with Crippen LogP contribution in [0.2, 0.25) is 0 Å². The Kier molecular flexibility index (Phi) is 5.19. The minimum absolute atomic E-state index is 0.0448. The fraction of sp³-hybridized carbons (Fsp3) is 0.0800. The molecule has 0 saturated heterocycles. The van der Waals surface area contributed by atoms with Crippen LogP contribution >= 0.6 is 11.3 Å². The quantitative estimate of drug-likeness (QED) is 0.359. The summed E-state index contributed by atoms with van der Waals surface area (Å²) in [6.45, 7) is 1.71. The second-order valence-electron chi connectivity index (χ2n) is 8.38. The van der Waals surface area contributed by atoms with Crippen LogP contribution in [0.1, 0.15) is 11.4 Å². The van der Waals surface area contributed by atoms with E-state index in [1.165, 1.54) is 57.2 Å². The van der Waals surface area contributed by atoms with Crippen LogP contribution in [0.15, 0.2) is 59.0 Å². The summed E-state index contributed by atoms with van der Waals surface area (Å²) in [6.07, 6.45) is 1.26. The number of nitrogens with two attached hydrogens (primary N) is 1. The fourth-order valence-electron chi connectivity index (χ4n) is 4.34. The number of nitrogens with zero attached hydrogens (tertiary/aromatic N) is 6. The molecule has 37 heavy (non-hydrogen) atoms. The molecule has 0 fully saturated rings. The summed E-state index contributed by atoms with van der Waals surface area (Å²) in [6, 6.07) is 9.44. The summed E-state index contributed by atoms with van der Waals surface area (Å²) in [5, 5.41) is 17.1. The fourth-order valence-corrected chi connectivity index (χ4v) is 5.27. The number of aryl methyl sites for hydroxylation is 1. The summed E-state index contributed by atoms with van der Waals surface area (Å²) in [4.78, 5) is 27.1. The molecule has 0 aliphatic heterocycles. The number of rotatable bonds is 4. The van der Waals surface area contributed by atoms with Gasteiger partial charge in [0, 0.05) is 11.6 Å². The van der Waals surface area contributed by atoms with Crippen LogP contribution in [-0.4, -0.2) is 34.4 Å². The Morgan fingerprint density at radius 2 is 1.92 bits per heavy atom. The third kappa shape index (κ3) is 3.69. The summed E-state index contributed by atoms with van der Waals surface area (Å²) in [5.41, 5.74) is 7.30. The average molecular weight is 518 g/mol. The number of para-hydroxylation sites is 1. The van der Waals surface area contributed by atoms with Gasteiger partial charge in [-0.3, -0.25) is 9.36 Å². The molecule has 6 aromatic rings. The number of thiophene rings is 1. The van der Waals surface area contributed by atoms with E-state index in [4.69, 9.17) is 5.73 Å². The van der Waals surface area contributed by atoms with Crippen molar-refractivity contribution < 1.29 is 13.9 Å². The van der Waals surface area contributed by atoms with Crippen LogP contribution in [0.4, 0.5) is 14.6 Å². The van der Waals surface area contributed by atoms with Crippen molar-refractivity contribution in [3.63, 3.8) is 0 Å². The highest BCUT2D eigenvalue weighted by Crippen LogP contribution is 2.33. The van der Waals surface area contributed by atoms with Gasteiger partial charge in [0.05, 0.1) is 16.5 Å². The van der Waals surface area contributed by atoms with Crippen molar-refractivity contribution >= 4 is 38.4 Å². The number of phenols is 1. The third-order valence-corrected chi connectivity index (χ3v) is 6.95. The molecule has 2 aromatic carbocycles. The average Bonchev–Trinajstić information content (AvgIpc) is 3.41. The van der Waals surface area contributed by atoms with E-state index in [1.807, 2.05) is 5.38 Å². The highest BCUT2D eigenvalue weighted by Gasteiger charge is 2.22.